The van der Waals surface area contributed by atoms with Crippen LogP contribution in [0.4, 0.5) is 0 Å². The number of carbonyl (C=O) groups excluding carboxylic acids is 2. The zero-order chi connectivity index (χ0) is 15.7. The number of amides is 2. The Morgan fingerprint density at radius 3 is 2.38 bits per heavy atom. The average molecular weight is 289 g/mol. The maximum absolute atomic E-state index is 11.5. The summed E-state index contributed by atoms with van der Waals surface area (Å²) in [6.07, 6.45) is 0. The number of nitriles is 1. The van der Waals surface area contributed by atoms with Gasteiger partial charge in [-0.25, -0.2) is 0 Å². The summed E-state index contributed by atoms with van der Waals surface area (Å²) in [5, 5.41) is 14.0. The lowest BCUT2D eigenvalue weighted by atomic mass is 10.2. The fraction of sp³-hybridized carbons (Fsp3) is 0.400. The molecule has 1 aromatic rings. The summed E-state index contributed by atoms with van der Waals surface area (Å²) < 4.78 is 5.27. The first-order chi connectivity index (χ1) is 10.0. The third-order valence-electron chi connectivity index (χ3n) is 2.62. The number of hydrogen-bond acceptors (Lipinski definition) is 4. The minimum Gasteiger partial charge on any atom is -0.484 e. The highest BCUT2D eigenvalue weighted by Gasteiger charge is 2.06. The number of ether oxygens (including phenoxy) is 1. The molecule has 2 amide bonds. The van der Waals surface area contributed by atoms with Gasteiger partial charge in [-0.05, 0) is 24.3 Å². The second kappa shape index (κ2) is 8.59. The quantitative estimate of drug-likeness (QED) is 0.727. The van der Waals surface area contributed by atoms with Crippen molar-refractivity contribution in [3.63, 3.8) is 0 Å². The van der Waals surface area contributed by atoms with E-state index in [2.05, 4.69) is 10.6 Å². The first-order valence-corrected chi connectivity index (χ1v) is 6.70. The molecule has 0 aliphatic rings. The average Bonchev–Trinajstić information content (AvgIpc) is 2.49. The maximum atomic E-state index is 11.5. The highest BCUT2D eigenvalue weighted by Crippen LogP contribution is 2.10. The molecule has 21 heavy (non-hydrogen) atoms. The normalized spacial score (nSPS) is 9.81. The van der Waals surface area contributed by atoms with Gasteiger partial charge >= 0.3 is 0 Å². The number of hydrogen-bond donors (Lipinski definition) is 2. The van der Waals surface area contributed by atoms with E-state index in [0.29, 0.717) is 24.4 Å². The van der Waals surface area contributed by atoms with E-state index in [1.54, 1.807) is 38.1 Å². The predicted octanol–water partition coefficient (Wildman–Crippen LogP) is 0.825. The lowest BCUT2D eigenvalue weighted by molar-refractivity contribution is -0.125. The molecular weight excluding hydrogens is 270 g/mol. The smallest absolute Gasteiger partial charge is 0.258 e. The Morgan fingerprint density at radius 2 is 1.81 bits per heavy atom. The zero-order valence-corrected chi connectivity index (χ0v) is 12.2. The van der Waals surface area contributed by atoms with Gasteiger partial charge < -0.3 is 15.4 Å². The molecule has 0 radical (unpaired) electrons. The third kappa shape index (κ3) is 6.43. The second-order valence-corrected chi connectivity index (χ2v) is 4.72. The van der Waals surface area contributed by atoms with Crippen molar-refractivity contribution in [1.82, 2.24) is 10.6 Å². The first-order valence-electron chi connectivity index (χ1n) is 6.70. The number of benzene rings is 1. The van der Waals surface area contributed by atoms with Crippen LogP contribution in [0.2, 0.25) is 0 Å². The molecule has 6 heteroatoms. The van der Waals surface area contributed by atoms with Crippen LogP contribution < -0.4 is 15.4 Å². The molecule has 0 saturated carbocycles. The minimum absolute atomic E-state index is 0.0434. The lowest BCUT2D eigenvalue weighted by Crippen LogP contribution is -2.38. The van der Waals surface area contributed by atoms with E-state index in [4.69, 9.17) is 10.00 Å². The summed E-state index contributed by atoms with van der Waals surface area (Å²) in [7, 11) is 0. The highest BCUT2D eigenvalue weighted by atomic mass is 16.5. The van der Waals surface area contributed by atoms with Crippen LogP contribution in [0.15, 0.2) is 24.3 Å². The van der Waals surface area contributed by atoms with Crippen LogP contribution in [0, 0.1) is 17.2 Å². The SMILES string of the molecule is CC(C)C(=O)NCCNC(=O)COc1ccc(C#N)cc1. The molecule has 6 nitrogen and oxygen atoms in total. The zero-order valence-electron chi connectivity index (χ0n) is 12.2. The van der Waals surface area contributed by atoms with Crippen molar-refractivity contribution in [3.05, 3.63) is 29.8 Å². The molecule has 112 valence electrons. The van der Waals surface area contributed by atoms with Gasteiger partial charge in [0.15, 0.2) is 6.61 Å². The number of rotatable bonds is 7. The summed E-state index contributed by atoms with van der Waals surface area (Å²) in [6.45, 7) is 4.25. The van der Waals surface area contributed by atoms with E-state index in [1.807, 2.05) is 6.07 Å². The summed E-state index contributed by atoms with van der Waals surface area (Å²) in [4.78, 5) is 22.8. The third-order valence-corrected chi connectivity index (χ3v) is 2.62. The van der Waals surface area contributed by atoms with Crippen LogP contribution >= 0.6 is 0 Å². The van der Waals surface area contributed by atoms with Crippen molar-refractivity contribution >= 4 is 11.8 Å². The molecule has 1 aromatic carbocycles. The van der Waals surface area contributed by atoms with Crippen molar-refractivity contribution in [3.8, 4) is 11.8 Å². The topological polar surface area (TPSA) is 91.2 Å². The molecule has 0 aliphatic heterocycles. The molecule has 0 bridgehead atoms. The second-order valence-electron chi connectivity index (χ2n) is 4.72. The summed E-state index contributed by atoms with van der Waals surface area (Å²) in [6, 6.07) is 8.51. The van der Waals surface area contributed by atoms with Crippen molar-refractivity contribution in [2.24, 2.45) is 5.92 Å². The fourth-order valence-corrected chi connectivity index (χ4v) is 1.42. The van der Waals surface area contributed by atoms with Crippen molar-refractivity contribution in [2.75, 3.05) is 19.7 Å². The van der Waals surface area contributed by atoms with Gasteiger partial charge in [0, 0.05) is 19.0 Å². The lowest BCUT2D eigenvalue weighted by Gasteiger charge is -2.09. The standard InChI is InChI=1S/C15H19N3O3/c1-11(2)15(20)18-8-7-17-14(19)10-21-13-5-3-12(9-16)4-6-13/h3-6,11H,7-8,10H2,1-2H3,(H,17,19)(H,18,20). The van der Waals surface area contributed by atoms with Gasteiger partial charge in [0.05, 0.1) is 11.6 Å². The monoisotopic (exact) mass is 289 g/mol. The van der Waals surface area contributed by atoms with Gasteiger partial charge in [-0.3, -0.25) is 9.59 Å². The van der Waals surface area contributed by atoms with Gasteiger partial charge in [-0.2, -0.15) is 5.26 Å². The Balaban J connectivity index is 2.19. The van der Waals surface area contributed by atoms with E-state index in [9.17, 15) is 9.59 Å². The van der Waals surface area contributed by atoms with E-state index in [-0.39, 0.29) is 24.3 Å². The van der Waals surface area contributed by atoms with Crippen molar-refractivity contribution in [2.45, 2.75) is 13.8 Å². The van der Waals surface area contributed by atoms with Crippen LogP contribution in [-0.4, -0.2) is 31.5 Å². The van der Waals surface area contributed by atoms with Crippen LogP contribution in [0.3, 0.4) is 0 Å². The van der Waals surface area contributed by atoms with Gasteiger partial charge in [0.2, 0.25) is 5.91 Å². The first kappa shape index (κ1) is 16.5. The maximum Gasteiger partial charge on any atom is 0.258 e. The van der Waals surface area contributed by atoms with Crippen LogP contribution in [0.1, 0.15) is 19.4 Å². The van der Waals surface area contributed by atoms with Crippen LogP contribution in [0.5, 0.6) is 5.75 Å². The summed E-state index contributed by atoms with van der Waals surface area (Å²) in [5.41, 5.74) is 0.535. The fourth-order valence-electron chi connectivity index (χ4n) is 1.42. The Hall–Kier alpha value is -2.55. The van der Waals surface area contributed by atoms with Crippen molar-refractivity contribution in [1.29, 1.82) is 5.26 Å². The number of carbonyl (C=O) groups is 2. The number of nitrogens with zero attached hydrogens (tertiary/aromatic N) is 1. The molecule has 0 heterocycles. The highest BCUT2D eigenvalue weighted by molar-refractivity contribution is 5.78. The molecule has 0 saturated heterocycles. The van der Waals surface area contributed by atoms with Crippen LogP contribution in [-0.2, 0) is 9.59 Å². The molecule has 1 rings (SSSR count). The van der Waals surface area contributed by atoms with Gasteiger partial charge in [-0.1, -0.05) is 13.8 Å². The number of nitrogens with one attached hydrogen (secondary N) is 2. The molecule has 0 aliphatic carbocycles. The van der Waals surface area contributed by atoms with Crippen LogP contribution in [0.25, 0.3) is 0 Å². The summed E-state index contributed by atoms with van der Waals surface area (Å²) >= 11 is 0. The van der Waals surface area contributed by atoms with E-state index < -0.39 is 0 Å². The Labute approximate surface area is 124 Å². The molecule has 0 spiro atoms. The van der Waals surface area contributed by atoms with Gasteiger partial charge in [0.25, 0.3) is 5.91 Å². The van der Waals surface area contributed by atoms with E-state index in [1.165, 1.54) is 0 Å². The molecule has 0 aromatic heterocycles. The van der Waals surface area contributed by atoms with Gasteiger partial charge in [0.1, 0.15) is 5.75 Å². The van der Waals surface area contributed by atoms with Gasteiger partial charge in [-0.15, -0.1) is 0 Å². The summed E-state index contributed by atoms with van der Waals surface area (Å²) in [5.74, 6) is 0.147. The molecule has 0 fully saturated rings. The van der Waals surface area contributed by atoms with E-state index in [0.717, 1.165) is 0 Å². The largest absolute Gasteiger partial charge is 0.484 e. The molecular formula is C15H19N3O3. The Kier molecular flexibility index (Phi) is 6.75. The molecule has 0 unspecified atom stereocenters. The van der Waals surface area contributed by atoms with E-state index >= 15 is 0 Å². The van der Waals surface area contributed by atoms with Crippen molar-refractivity contribution < 1.29 is 14.3 Å². The Bertz CT molecular complexity index is 518. The molecule has 0 atom stereocenters. The minimum atomic E-state index is -0.266. The predicted molar refractivity (Wildman–Crippen MR) is 77.5 cm³/mol. The molecule has 2 N–H and O–H groups in total. The Morgan fingerprint density at radius 1 is 1.19 bits per heavy atom.